The zero-order valence-corrected chi connectivity index (χ0v) is 10.7. The van der Waals surface area contributed by atoms with Crippen molar-refractivity contribution >= 4 is 0 Å². The van der Waals surface area contributed by atoms with Crippen LogP contribution in [-0.2, 0) is 12.8 Å². The van der Waals surface area contributed by atoms with E-state index in [1.807, 2.05) is 24.3 Å². The molecule has 0 saturated heterocycles. The number of aromatic amines is 1. The van der Waals surface area contributed by atoms with Gasteiger partial charge in [-0.05, 0) is 44.7 Å². The van der Waals surface area contributed by atoms with E-state index in [-0.39, 0.29) is 5.56 Å². The molecule has 0 unspecified atom stereocenters. The third-order valence-corrected chi connectivity index (χ3v) is 3.72. The van der Waals surface area contributed by atoms with E-state index in [4.69, 9.17) is 0 Å². The number of fused-ring (bicyclic) bond motifs is 1. The maximum Gasteiger partial charge on any atom is 0.274 e. The number of aromatic nitrogens is 2. The molecule has 94 valence electrons. The van der Waals surface area contributed by atoms with Gasteiger partial charge in [-0.25, -0.2) is 4.68 Å². The van der Waals surface area contributed by atoms with Gasteiger partial charge in [0, 0.05) is 11.3 Å². The summed E-state index contributed by atoms with van der Waals surface area (Å²) in [4.78, 5) is 12.4. The van der Waals surface area contributed by atoms with Crippen LogP contribution >= 0.6 is 0 Å². The Kier molecular flexibility index (Phi) is 2.82. The number of nitrogens with one attached hydrogen (secondary N) is 1. The molecule has 3 nitrogen and oxygen atoms in total. The lowest BCUT2D eigenvalue weighted by molar-refractivity contribution is 0.690. The van der Waals surface area contributed by atoms with Crippen molar-refractivity contribution in [1.82, 2.24) is 9.78 Å². The van der Waals surface area contributed by atoms with E-state index in [2.05, 4.69) is 12.0 Å². The molecule has 3 rings (SSSR count). The average Bonchev–Trinajstić information content (AvgIpc) is 2.57. The standard InChI is InChI=1S/C15H18N2O/c1-11-7-9-12(10-8-11)17-15(18)13-5-3-2-4-6-14(13)16-17/h7-10,16H,2-6H2,1H3. The van der Waals surface area contributed by atoms with Crippen molar-refractivity contribution in [3.63, 3.8) is 0 Å². The SMILES string of the molecule is Cc1ccc(-n2[nH]c3c(c2=O)CCCCC3)cc1. The molecule has 0 aliphatic heterocycles. The zero-order chi connectivity index (χ0) is 12.5. The predicted molar refractivity (Wildman–Crippen MR) is 72.4 cm³/mol. The highest BCUT2D eigenvalue weighted by molar-refractivity contribution is 5.35. The number of nitrogens with zero attached hydrogens (tertiary/aromatic N) is 1. The number of rotatable bonds is 1. The van der Waals surface area contributed by atoms with Crippen LogP contribution in [0.2, 0.25) is 0 Å². The van der Waals surface area contributed by atoms with E-state index in [1.54, 1.807) is 4.68 Å². The van der Waals surface area contributed by atoms with E-state index in [1.165, 1.54) is 18.4 Å². The lowest BCUT2D eigenvalue weighted by Crippen LogP contribution is -2.17. The van der Waals surface area contributed by atoms with Crippen LogP contribution < -0.4 is 5.56 Å². The van der Waals surface area contributed by atoms with Gasteiger partial charge in [0.15, 0.2) is 0 Å². The summed E-state index contributed by atoms with van der Waals surface area (Å²) in [6.45, 7) is 2.05. The number of aryl methyl sites for hydroxylation is 2. The summed E-state index contributed by atoms with van der Waals surface area (Å²) in [5.74, 6) is 0. The highest BCUT2D eigenvalue weighted by Crippen LogP contribution is 2.17. The molecule has 0 saturated carbocycles. The van der Waals surface area contributed by atoms with Crippen LogP contribution in [0.15, 0.2) is 29.1 Å². The van der Waals surface area contributed by atoms with Gasteiger partial charge in [0.25, 0.3) is 5.56 Å². The average molecular weight is 242 g/mol. The quantitative estimate of drug-likeness (QED) is 0.767. The van der Waals surface area contributed by atoms with Crippen LogP contribution in [0.4, 0.5) is 0 Å². The fraction of sp³-hybridized carbons (Fsp3) is 0.400. The lowest BCUT2D eigenvalue weighted by atomic mass is 10.1. The normalized spacial score (nSPS) is 15.2. The van der Waals surface area contributed by atoms with Crippen LogP contribution in [0.1, 0.15) is 36.1 Å². The largest absolute Gasteiger partial charge is 0.295 e. The monoisotopic (exact) mass is 242 g/mol. The minimum atomic E-state index is 0.135. The third-order valence-electron chi connectivity index (χ3n) is 3.72. The first-order valence-electron chi connectivity index (χ1n) is 6.65. The molecule has 0 bridgehead atoms. The van der Waals surface area contributed by atoms with Gasteiger partial charge < -0.3 is 0 Å². The molecule has 1 aliphatic carbocycles. The predicted octanol–water partition coefficient (Wildman–Crippen LogP) is 2.74. The first-order valence-corrected chi connectivity index (χ1v) is 6.65. The maximum absolute atomic E-state index is 12.4. The number of hydrogen-bond acceptors (Lipinski definition) is 1. The van der Waals surface area contributed by atoms with Gasteiger partial charge in [-0.15, -0.1) is 0 Å². The van der Waals surface area contributed by atoms with Crippen LogP contribution in [-0.4, -0.2) is 9.78 Å². The molecule has 0 radical (unpaired) electrons. The zero-order valence-electron chi connectivity index (χ0n) is 10.7. The van der Waals surface area contributed by atoms with E-state index in [0.29, 0.717) is 0 Å². The van der Waals surface area contributed by atoms with Crippen molar-refractivity contribution in [3.05, 3.63) is 51.4 Å². The molecule has 18 heavy (non-hydrogen) atoms. The Morgan fingerprint density at radius 3 is 2.56 bits per heavy atom. The summed E-state index contributed by atoms with van der Waals surface area (Å²) in [5, 5.41) is 3.28. The van der Waals surface area contributed by atoms with Gasteiger partial charge in [0.05, 0.1) is 5.69 Å². The Morgan fingerprint density at radius 1 is 1.06 bits per heavy atom. The minimum absolute atomic E-state index is 0.135. The van der Waals surface area contributed by atoms with Crippen molar-refractivity contribution in [1.29, 1.82) is 0 Å². The molecule has 1 heterocycles. The molecular weight excluding hydrogens is 224 g/mol. The van der Waals surface area contributed by atoms with Crippen molar-refractivity contribution in [2.75, 3.05) is 0 Å². The fourth-order valence-electron chi connectivity index (χ4n) is 2.64. The summed E-state index contributed by atoms with van der Waals surface area (Å²) in [7, 11) is 0. The van der Waals surface area contributed by atoms with E-state index in [9.17, 15) is 4.79 Å². The van der Waals surface area contributed by atoms with Crippen molar-refractivity contribution in [2.45, 2.75) is 39.0 Å². The summed E-state index contributed by atoms with van der Waals surface area (Å²) >= 11 is 0. The van der Waals surface area contributed by atoms with Crippen LogP contribution in [0, 0.1) is 6.92 Å². The summed E-state index contributed by atoms with van der Waals surface area (Å²) < 4.78 is 1.69. The highest BCUT2D eigenvalue weighted by atomic mass is 16.1. The van der Waals surface area contributed by atoms with E-state index in [0.717, 1.165) is 36.2 Å². The number of benzene rings is 1. The lowest BCUT2D eigenvalue weighted by Gasteiger charge is -2.02. The second kappa shape index (κ2) is 4.48. The minimum Gasteiger partial charge on any atom is -0.295 e. The van der Waals surface area contributed by atoms with Gasteiger partial charge in [-0.3, -0.25) is 9.89 Å². The Labute approximate surface area is 106 Å². The molecule has 0 atom stereocenters. The van der Waals surface area contributed by atoms with Gasteiger partial charge in [-0.2, -0.15) is 0 Å². The second-order valence-electron chi connectivity index (χ2n) is 5.11. The third kappa shape index (κ3) is 1.90. The van der Waals surface area contributed by atoms with Crippen LogP contribution in [0.25, 0.3) is 5.69 Å². The van der Waals surface area contributed by atoms with Gasteiger partial charge in [0.2, 0.25) is 0 Å². The molecule has 1 aromatic heterocycles. The first kappa shape index (κ1) is 11.3. The molecule has 1 aromatic carbocycles. The van der Waals surface area contributed by atoms with Crippen LogP contribution in [0.5, 0.6) is 0 Å². The molecule has 3 heteroatoms. The Morgan fingerprint density at radius 2 is 1.78 bits per heavy atom. The Balaban J connectivity index is 2.08. The maximum atomic E-state index is 12.4. The molecule has 1 N–H and O–H groups in total. The molecule has 0 fully saturated rings. The van der Waals surface area contributed by atoms with Crippen LogP contribution in [0.3, 0.4) is 0 Å². The number of H-pyrrole nitrogens is 1. The van der Waals surface area contributed by atoms with E-state index < -0.39 is 0 Å². The smallest absolute Gasteiger partial charge is 0.274 e. The number of hydrogen-bond donors (Lipinski definition) is 1. The molecular formula is C15H18N2O. The van der Waals surface area contributed by atoms with Crippen molar-refractivity contribution in [3.8, 4) is 5.69 Å². The van der Waals surface area contributed by atoms with Crippen molar-refractivity contribution < 1.29 is 0 Å². The molecule has 2 aromatic rings. The van der Waals surface area contributed by atoms with Gasteiger partial charge >= 0.3 is 0 Å². The fourth-order valence-corrected chi connectivity index (χ4v) is 2.64. The highest BCUT2D eigenvalue weighted by Gasteiger charge is 2.16. The second-order valence-corrected chi connectivity index (χ2v) is 5.11. The van der Waals surface area contributed by atoms with E-state index >= 15 is 0 Å². The van der Waals surface area contributed by atoms with Gasteiger partial charge in [0.1, 0.15) is 0 Å². The summed E-state index contributed by atoms with van der Waals surface area (Å²) in [5.41, 5.74) is 4.40. The topological polar surface area (TPSA) is 37.8 Å². The van der Waals surface area contributed by atoms with Gasteiger partial charge in [-0.1, -0.05) is 24.1 Å². The summed E-state index contributed by atoms with van der Waals surface area (Å²) in [6.07, 6.45) is 5.47. The first-order chi connectivity index (χ1) is 8.75. The Bertz CT molecular complexity index is 604. The molecule has 1 aliphatic rings. The van der Waals surface area contributed by atoms with Crippen molar-refractivity contribution in [2.24, 2.45) is 0 Å². The Hall–Kier alpha value is -1.77. The molecule has 0 amide bonds. The summed E-state index contributed by atoms with van der Waals surface area (Å²) in [6, 6.07) is 8.06. The molecule has 0 spiro atoms.